The molecule has 1 aliphatic heterocycles. The van der Waals surface area contributed by atoms with Gasteiger partial charge in [0.25, 0.3) is 5.91 Å². The molecule has 1 aliphatic rings. The Morgan fingerprint density at radius 2 is 2.11 bits per heavy atom. The smallest absolute Gasteiger partial charge is 0.253 e. The summed E-state index contributed by atoms with van der Waals surface area (Å²) in [4.78, 5) is 14.2. The molecule has 1 atom stereocenters. The topological polar surface area (TPSA) is 46.3 Å². The van der Waals surface area contributed by atoms with Crippen LogP contribution in [-0.2, 0) is 0 Å². The van der Waals surface area contributed by atoms with Gasteiger partial charge in [0.1, 0.15) is 0 Å². The normalized spacial score (nSPS) is 18.7. The summed E-state index contributed by atoms with van der Waals surface area (Å²) in [7, 11) is 0. The Morgan fingerprint density at radius 1 is 1.44 bits per heavy atom. The number of benzene rings is 1. The molecule has 2 N–H and O–H groups in total. The minimum Gasteiger partial charge on any atom is -0.339 e. The lowest BCUT2D eigenvalue weighted by atomic mass is 9.90. The van der Waals surface area contributed by atoms with Gasteiger partial charge in [-0.15, -0.1) is 0 Å². The third kappa shape index (κ3) is 3.03. The Labute approximate surface area is 113 Å². The van der Waals surface area contributed by atoms with E-state index in [0.717, 1.165) is 25.9 Å². The molecular weight excluding hydrogens is 248 g/mol. The summed E-state index contributed by atoms with van der Waals surface area (Å²) in [6, 6.07) is 7.34. The third-order valence-electron chi connectivity index (χ3n) is 3.64. The van der Waals surface area contributed by atoms with Crippen LogP contribution in [0.15, 0.2) is 24.3 Å². The lowest BCUT2D eigenvalue weighted by Crippen LogP contribution is -2.42. The van der Waals surface area contributed by atoms with E-state index in [1.54, 1.807) is 12.1 Å². The summed E-state index contributed by atoms with van der Waals surface area (Å²) in [5, 5.41) is 0.603. The molecule has 18 heavy (non-hydrogen) atoms. The fourth-order valence-electron chi connectivity index (χ4n) is 2.43. The molecule has 0 aliphatic carbocycles. The summed E-state index contributed by atoms with van der Waals surface area (Å²) in [6.07, 6.45) is 1.98. The molecule has 98 valence electrons. The van der Waals surface area contributed by atoms with Gasteiger partial charge < -0.3 is 10.6 Å². The van der Waals surface area contributed by atoms with Crippen molar-refractivity contribution in [1.29, 1.82) is 0 Å². The number of hydrogen-bond acceptors (Lipinski definition) is 2. The first-order valence-electron chi connectivity index (χ1n) is 6.38. The van der Waals surface area contributed by atoms with Crippen molar-refractivity contribution in [3.8, 4) is 0 Å². The van der Waals surface area contributed by atoms with E-state index in [-0.39, 0.29) is 11.9 Å². The Balaban J connectivity index is 1.99. The van der Waals surface area contributed by atoms with E-state index in [4.69, 9.17) is 17.3 Å². The molecule has 0 saturated carbocycles. The molecule has 1 aromatic carbocycles. The molecule has 1 aromatic rings. The number of rotatable bonds is 2. The molecule has 0 spiro atoms. The minimum atomic E-state index is 0.0700. The van der Waals surface area contributed by atoms with Crippen LogP contribution in [0.25, 0.3) is 0 Å². The highest BCUT2D eigenvalue weighted by Gasteiger charge is 2.25. The average molecular weight is 267 g/mol. The number of nitrogens with zero attached hydrogens (tertiary/aromatic N) is 1. The number of carbonyl (C=O) groups is 1. The van der Waals surface area contributed by atoms with Crippen molar-refractivity contribution < 1.29 is 4.79 Å². The predicted molar refractivity (Wildman–Crippen MR) is 73.7 cm³/mol. The van der Waals surface area contributed by atoms with Gasteiger partial charge in [-0.1, -0.05) is 17.7 Å². The first kappa shape index (κ1) is 13.4. The van der Waals surface area contributed by atoms with Crippen LogP contribution >= 0.6 is 11.6 Å². The standard InChI is InChI=1S/C14H19ClN2O/c1-10(16)11-5-7-17(8-6-11)14(18)12-3-2-4-13(15)9-12/h2-4,9-11H,5-8,16H2,1H3. The maximum Gasteiger partial charge on any atom is 0.253 e. The van der Waals surface area contributed by atoms with Crippen molar-refractivity contribution >= 4 is 17.5 Å². The van der Waals surface area contributed by atoms with Gasteiger partial charge in [0.2, 0.25) is 0 Å². The van der Waals surface area contributed by atoms with E-state index < -0.39 is 0 Å². The third-order valence-corrected chi connectivity index (χ3v) is 3.88. The van der Waals surface area contributed by atoms with E-state index in [2.05, 4.69) is 0 Å². The van der Waals surface area contributed by atoms with Gasteiger partial charge in [-0.25, -0.2) is 0 Å². The van der Waals surface area contributed by atoms with Crippen molar-refractivity contribution in [2.75, 3.05) is 13.1 Å². The van der Waals surface area contributed by atoms with E-state index in [1.165, 1.54) is 0 Å². The van der Waals surface area contributed by atoms with Crippen LogP contribution in [0.2, 0.25) is 5.02 Å². The second-order valence-electron chi connectivity index (χ2n) is 5.00. The van der Waals surface area contributed by atoms with Crippen LogP contribution in [0.5, 0.6) is 0 Å². The number of likely N-dealkylation sites (tertiary alicyclic amines) is 1. The fourth-order valence-corrected chi connectivity index (χ4v) is 2.62. The highest BCUT2D eigenvalue weighted by atomic mass is 35.5. The predicted octanol–water partition coefficient (Wildman–Crippen LogP) is 2.54. The number of carbonyl (C=O) groups excluding carboxylic acids is 1. The van der Waals surface area contributed by atoms with Crippen molar-refractivity contribution in [1.82, 2.24) is 4.90 Å². The quantitative estimate of drug-likeness (QED) is 0.894. The molecule has 1 unspecified atom stereocenters. The van der Waals surface area contributed by atoms with Crippen molar-refractivity contribution in [2.45, 2.75) is 25.8 Å². The van der Waals surface area contributed by atoms with Crippen LogP contribution in [0, 0.1) is 5.92 Å². The average Bonchev–Trinajstić information content (AvgIpc) is 2.38. The molecule has 0 bridgehead atoms. The summed E-state index contributed by atoms with van der Waals surface area (Å²) < 4.78 is 0. The molecular formula is C14H19ClN2O. The largest absolute Gasteiger partial charge is 0.339 e. The molecule has 1 fully saturated rings. The van der Waals surface area contributed by atoms with Gasteiger partial charge in [-0.05, 0) is 43.9 Å². The van der Waals surface area contributed by atoms with Crippen LogP contribution in [0.4, 0.5) is 0 Å². The van der Waals surface area contributed by atoms with E-state index in [1.807, 2.05) is 24.0 Å². The van der Waals surface area contributed by atoms with Crippen LogP contribution in [-0.4, -0.2) is 29.9 Å². The lowest BCUT2D eigenvalue weighted by molar-refractivity contribution is 0.0681. The molecule has 1 heterocycles. The number of halogens is 1. The van der Waals surface area contributed by atoms with Gasteiger partial charge in [0, 0.05) is 29.7 Å². The molecule has 4 heteroatoms. The van der Waals surface area contributed by atoms with Gasteiger partial charge >= 0.3 is 0 Å². The lowest BCUT2D eigenvalue weighted by Gasteiger charge is -2.33. The Morgan fingerprint density at radius 3 is 2.67 bits per heavy atom. The summed E-state index contributed by atoms with van der Waals surface area (Å²) >= 11 is 5.91. The van der Waals surface area contributed by atoms with Crippen LogP contribution < -0.4 is 5.73 Å². The summed E-state index contributed by atoms with van der Waals surface area (Å²) in [5.74, 6) is 0.606. The van der Waals surface area contributed by atoms with Crippen molar-refractivity contribution in [3.63, 3.8) is 0 Å². The van der Waals surface area contributed by atoms with Gasteiger partial charge in [0.15, 0.2) is 0 Å². The molecule has 3 nitrogen and oxygen atoms in total. The monoisotopic (exact) mass is 266 g/mol. The summed E-state index contributed by atoms with van der Waals surface area (Å²) in [6.45, 7) is 3.62. The zero-order valence-corrected chi connectivity index (χ0v) is 11.4. The molecule has 0 radical (unpaired) electrons. The fraction of sp³-hybridized carbons (Fsp3) is 0.500. The zero-order chi connectivity index (χ0) is 13.1. The van der Waals surface area contributed by atoms with Crippen molar-refractivity contribution in [2.24, 2.45) is 11.7 Å². The second kappa shape index (κ2) is 5.72. The first-order chi connectivity index (χ1) is 8.58. The number of hydrogen-bond donors (Lipinski definition) is 1. The Hall–Kier alpha value is -1.06. The van der Waals surface area contributed by atoms with E-state index in [9.17, 15) is 4.79 Å². The second-order valence-corrected chi connectivity index (χ2v) is 5.44. The van der Waals surface area contributed by atoms with Crippen LogP contribution in [0.1, 0.15) is 30.1 Å². The Bertz CT molecular complexity index is 426. The van der Waals surface area contributed by atoms with Gasteiger partial charge in [0.05, 0.1) is 0 Å². The van der Waals surface area contributed by atoms with Gasteiger partial charge in [-0.2, -0.15) is 0 Å². The highest BCUT2D eigenvalue weighted by molar-refractivity contribution is 6.30. The zero-order valence-electron chi connectivity index (χ0n) is 10.6. The van der Waals surface area contributed by atoms with Crippen LogP contribution in [0.3, 0.4) is 0 Å². The maximum atomic E-state index is 12.3. The number of amides is 1. The number of piperidine rings is 1. The van der Waals surface area contributed by atoms with E-state index in [0.29, 0.717) is 16.5 Å². The number of nitrogens with two attached hydrogens (primary N) is 1. The SMILES string of the molecule is CC(N)C1CCN(C(=O)c2cccc(Cl)c2)CC1. The minimum absolute atomic E-state index is 0.0700. The highest BCUT2D eigenvalue weighted by Crippen LogP contribution is 2.21. The molecule has 1 amide bonds. The van der Waals surface area contributed by atoms with Crippen molar-refractivity contribution in [3.05, 3.63) is 34.9 Å². The molecule has 1 saturated heterocycles. The molecule has 2 rings (SSSR count). The van der Waals surface area contributed by atoms with E-state index >= 15 is 0 Å². The summed E-state index contributed by atoms with van der Waals surface area (Å²) in [5.41, 5.74) is 6.57. The molecule has 0 aromatic heterocycles. The first-order valence-corrected chi connectivity index (χ1v) is 6.76. The Kier molecular flexibility index (Phi) is 4.25. The van der Waals surface area contributed by atoms with Gasteiger partial charge in [-0.3, -0.25) is 4.79 Å². The maximum absolute atomic E-state index is 12.3.